The molecule has 156 valence electrons. The van der Waals surface area contributed by atoms with Crippen LogP contribution in [-0.2, 0) is 17.9 Å². The number of halogens is 1. The molecule has 0 spiro atoms. The zero-order valence-electron chi connectivity index (χ0n) is 16.5. The molecule has 1 amide bonds. The van der Waals surface area contributed by atoms with Crippen molar-refractivity contribution in [2.24, 2.45) is 0 Å². The minimum absolute atomic E-state index is 0.140. The zero-order valence-corrected chi connectivity index (χ0v) is 18.1. The molecule has 31 heavy (non-hydrogen) atoms. The third-order valence-electron chi connectivity index (χ3n) is 4.63. The number of carbonyl (C=O) groups excluding carboxylic acids is 1. The van der Waals surface area contributed by atoms with Crippen LogP contribution >= 0.6 is 23.4 Å². The van der Waals surface area contributed by atoms with Crippen molar-refractivity contribution in [1.82, 2.24) is 19.9 Å². The predicted octanol–water partition coefficient (Wildman–Crippen LogP) is 3.90. The first kappa shape index (κ1) is 21.1. The molecule has 0 aliphatic rings. The summed E-state index contributed by atoms with van der Waals surface area (Å²) in [5.41, 5.74) is 2.31. The van der Waals surface area contributed by atoms with Crippen LogP contribution in [0.3, 0.4) is 0 Å². The number of pyridine rings is 1. The number of aromatic nitrogens is 3. The number of hydrogen-bond acceptors (Lipinski definition) is 5. The second-order valence-corrected chi connectivity index (χ2v) is 8.23. The number of nitrogens with zero attached hydrogens (tertiary/aromatic N) is 3. The Hall–Kier alpha value is -3.16. The van der Waals surface area contributed by atoms with Gasteiger partial charge in [0.05, 0.1) is 23.2 Å². The standard InChI is InChI=1S/C23H19ClN4O2S/c24-18-9-7-16(8-10-18)13-26-21(29)15-31-23-27-20-6-2-1-5-19(20)22(30)28(23)14-17-4-3-11-25-12-17/h1-12H,13-15H2,(H,26,29). The van der Waals surface area contributed by atoms with Gasteiger partial charge in [0, 0.05) is 24.0 Å². The number of hydrogen-bond donors (Lipinski definition) is 1. The van der Waals surface area contributed by atoms with Gasteiger partial charge in [0.1, 0.15) is 0 Å². The lowest BCUT2D eigenvalue weighted by atomic mass is 10.2. The molecule has 0 aliphatic carbocycles. The Kier molecular flexibility index (Phi) is 6.64. The maximum Gasteiger partial charge on any atom is 0.262 e. The Balaban J connectivity index is 1.52. The molecule has 4 rings (SSSR count). The quantitative estimate of drug-likeness (QED) is 0.341. The van der Waals surface area contributed by atoms with Gasteiger partial charge in [-0.15, -0.1) is 0 Å². The molecule has 2 aromatic carbocycles. The SMILES string of the molecule is O=C(CSc1nc2ccccc2c(=O)n1Cc1cccnc1)NCc1ccc(Cl)cc1. The van der Waals surface area contributed by atoms with Gasteiger partial charge in [0.25, 0.3) is 5.56 Å². The van der Waals surface area contributed by atoms with E-state index in [0.717, 1.165) is 11.1 Å². The summed E-state index contributed by atoms with van der Waals surface area (Å²) in [6.45, 7) is 0.740. The van der Waals surface area contributed by atoms with Gasteiger partial charge in [-0.05, 0) is 41.5 Å². The van der Waals surface area contributed by atoms with Crippen LogP contribution in [0.25, 0.3) is 10.9 Å². The molecule has 4 aromatic rings. The van der Waals surface area contributed by atoms with E-state index in [-0.39, 0.29) is 17.2 Å². The highest BCUT2D eigenvalue weighted by atomic mass is 35.5. The molecular weight excluding hydrogens is 432 g/mol. The maximum absolute atomic E-state index is 13.1. The second-order valence-electron chi connectivity index (χ2n) is 6.86. The summed E-state index contributed by atoms with van der Waals surface area (Å²) in [6, 6.07) is 18.3. The fraction of sp³-hybridized carbons (Fsp3) is 0.130. The van der Waals surface area contributed by atoms with Crippen molar-refractivity contribution in [3.05, 3.63) is 99.6 Å². The lowest BCUT2D eigenvalue weighted by Gasteiger charge is -2.13. The van der Waals surface area contributed by atoms with Gasteiger partial charge < -0.3 is 5.32 Å². The molecule has 0 bridgehead atoms. The summed E-state index contributed by atoms with van der Waals surface area (Å²) in [5, 5.41) is 4.57. The Labute approximate surface area is 188 Å². The molecule has 0 atom stereocenters. The van der Waals surface area contributed by atoms with E-state index in [4.69, 9.17) is 11.6 Å². The summed E-state index contributed by atoms with van der Waals surface area (Å²) in [5.74, 6) is 0.00100. The number of amides is 1. The first-order valence-electron chi connectivity index (χ1n) is 9.62. The van der Waals surface area contributed by atoms with E-state index >= 15 is 0 Å². The molecule has 2 aromatic heterocycles. The minimum Gasteiger partial charge on any atom is -0.351 e. The number of para-hydroxylation sites is 1. The highest BCUT2D eigenvalue weighted by molar-refractivity contribution is 7.99. The van der Waals surface area contributed by atoms with Crippen molar-refractivity contribution in [3.8, 4) is 0 Å². The Morgan fingerprint density at radius 2 is 1.84 bits per heavy atom. The summed E-state index contributed by atoms with van der Waals surface area (Å²) >= 11 is 7.13. The van der Waals surface area contributed by atoms with Gasteiger partial charge in [-0.2, -0.15) is 0 Å². The third kappa shape index (κ3) is 5.31. The van der Waals surface area contributed by atoms with E-state index in [0.29, 0.717) is 34.2 Å². The van der Waals surface area contributed by atoms with E-state index < -0.39 is 0 Å². The molecule has 2 heterocycles. The monoisotopic (exact) mass is 450 g/mol. The summed E-state index contributed by atoms with van der Waals surface area (Å²) < 4.78 is 1.59. The van der Waals surface area contributed by atoms with E-state index in [1.165, 1.54) is 11.8 Å². The minimum atomic E-state index is -0.143. The molecular formula is C23H19ClN4O2S. The number of thioether (sulfide) groups is 1. The van der Waals surface area contributed by atoms with Gasteiger partial charge in [-0.1, -0.05) is 53.7 Å². The molecule has 8 heteroatoms. The van der Waals surface area contributed by atoms with Crippen molar-refractivity contribution in [1.29, 1.82) is 0 Å². The van der Waals surface area contributed by atoms with Crippen LogP contribution in [0.15, 0.2) is 83.0 Å². The highest BCUT2D eigenvalue weighted by Crippen LogP contribution is 2.19. The maximum atomic E-state index is 13.1. The van der Waals surface area contributed by atoms with Crippen LogP contribution in [-0.4, -0.2) is 26.2 Å². The number of rotatable bonds is 7. The molecule has 0 saturated carbocycles. The molecule has 0 fully saturated rings. The van der Waals surface area contributed by atoms with Crippen LogP contribution < -0.4 is 10.9 Å². The van der Waals surface area contributed by atoms with Crippen LogP contribution in [0.4, 0.5) is 0 Å². The van der Waals surface area contributed by atoms with Crippen molar-refractivity contribution in [2.45, 2.75) is 18.2 Å². The van der Waals surface area contributed by atoms with Crippen LogP contribution in [0.5, 0.6) is 0 Å². The zero-order chi connectivity index (χ0) is 21.6. The second kappa shape index (κ2) is 9.76. The Bertz CT molecular complexity index is 1260. The molecule has 0 aliphatic heterocycles. The fourth-order valence-corrected chi connectivity index (χ4v) is 4.01. The number of carbonyl (C=O) groups is 1. The van der Waals surface area contributed by atoms with Gasteiger partial charge in [-0.3, -0.25) is 19.1 Å². The highest BCUT2D eigenvalue weighted by Gasteiger charge is 2.14. The molecule has 1 N–H and O–H groups in total. The topological polar surface area (TPSA) is 76.9 Å². The normalized spacial score (nSPS) is 10.9. The molecule has 6 nitrogen and oxygen atoms in total. The fourth-order valence-electron chi connectivity index (χ4n) is 3.06. The van der Waals surface area contributed by atoms with E-state index in [2.05, 4.69) is 15.3 Å². The number of benzene rings is 2. The van der Waals surface area contributed by atoms with Crippen molar-refractivity contribution < 1.29 is 4.79 Å². The van der Waals surface area contributed by atoms with Crippen molar-refractivity contribution in [2.75, 3.05) is 5.75 Å². The predicted molar refractivity (Wildman–Crippen MR) is 123 cm³/mol. The van der Waals surface area contributed by atoms with Crippen molar-refractivity contribution in [3.63, 3.8) is 0 Å². The molecule has 0 unspecified atom stereocenters. The Morgan fingerprint density at radius 3 is 2.61 bits per heavy atom. The average molecular weight is 451 g/mol. The first-order valence-corrected chi connectivity index (χ1v) is 11.0. The van der Waals surface area contributed by atoms with Crippen LogP contribution in [0.2, 0.25) is 5.02 Å². The molecule has 0 radical (unpaired) electrons. The van der Waals surface area contributed by atoms with Gasteiger partial charge in [-0.25, -0.2) is 4.98 Å². The Morgan fingerprint density at radius 1 is 1.03 bits per heavy atom. The van der Waals surface area contributed by atoms with Crippen LogP contribution in [0.1, 0.15) is 11.1 Å². The smallest absolute Gasteiger partial charge is 0.262 e. The van der Waals surface area contributed by atoms with E-state index in [9.17, 15) is 9.59 Å². The lowest BCUT2D eigenvalue weighted by Crippen LogP contribution is -2.27. The first-order chi connectivity index (χ1) is 15.1. The summed E-state index contributed by atoms with van der Waals surface area (Å²) in [6.07, 6.45) is 3.40. The number of nitrogens with one attached hydrogen (secondary N) is 1. The number of fused-ring (bicyclic) bond motifs is 1. The molecule has 0 saturated heterocycles. The van der Waals surface area contributed by atoms with Crippen molar-refractivity contribution >= 4 is 40.2 Å². The summed E-state index contributed by atoms with van der Waals surface area (Å²) in [4.78, 5) is 34.3. The van der Waals surface area contributed by atoms with E-state index in [1.54, 1.807) is 41.2 Å². The average Bonchev–Trinajstić information content (AvgIpc) is 2.80. The van der Waals surface area contributed by atoms with Gasteiger partial charge in [0.2, 0.25) is 5.91 Å². The van der Waals surface area contributed by atoms with Gasteiger partial charge in [0.15, 0.2) is 5.16 Å². The largest absolute Gasteiger partial charge is 0.351 e. The third-order valence-corrected chi connectivity index (χ3v) is 5.85. The summed E-state index contributed by atoms with van der Waals surface area (Å²) in [7, 11) is 0. The van der Waals surface area contributed by atoms with Gasteiger partial charge >= 0.3 is 0 Å². The lowest BCUT2D eigenvalue weighted by molar-refractivity contribution is -0.118. The van der Waals surface area contributed by atoms with Crippen LogP contribution in [0, 0.1) is 0 Å². The van der Waals surface area contributed by atoms with E-state index in [1.807, 2.05) is 36.4 Å².